The molecule has 3 aromatic rings. The first kappa shape index (κ1) is 33.0. The molecule has 7 rings (SSSR count). The number of aryl methyl sites for hydroxylation is 1. The number of fused-ring (bicyclic) bond motifs is 4. The average molecular weight is 686 g/mol. The molecule has 0 unspecified atom stereocenters. The Morgan fingerprint density at radius 1 is 1.22 bits per heavy atom. The molecule has 3 aromatic heterocycles. The highest BCUT2D eigenvalue weighted by Gasteiger charge is 2.48. The second-order valence-electron chi connectivity index (χ2n) is 13.3. The van der Waals surface area contributed by atoms with Crippen molar-refractivity contribution < 1.29 is 14.0 Å². The van der Waals surface area contributed by atoms with E-state index in [2.05, 4.69) is 28.2 Å². The highest BCUT2D eigenvalue weighted by atomic mass is 32.1. The summed E-state index contributed by atoms with van der Waals surface area (Å²) in [6, 6.07) is 4.43. The van der Waals surface area contributed by atoms with Crippen molar-refractivity contribution in [1.82, 2.24) is 25.0 Å². The number of likely N-dealkylation sites (tertiary alicyclic amines) is 1. The smallest absolute Gasteiger partial charge is 0.219 e. The Kier molecular flexibility index (Phi) is 9.29. The molecule has 0 bridgehead atoms. The molecule has 4 aliphatic rings. The largest absolute Gasteiger partial charge is 0.476 e. The van der Waals surface area contributed by atoms with Crippen molar-refractivity contribution in [1.29, 1.82) is 5.26 Å². The van der Waals surface area contributed by atoms with E-state index in [1.165, 1.54) is 27.4 Å². The van der Waals surface area contributed by atoms with Gasteiger partial charge in [-0.1, -0.05) is 5.16 Å². The molecule has 0 aromatic carbocycles. The zero-order chi connectivity index (χ0) is 34.1. The van der Waals surface area contributed by atoms with Gasteiger partial charge in [0.1, 0.15) is 17.7 Å². The predicted octanol–water partition coefficient (Wildman–Crippen LogP) is 3.39. The number of rotatable bonds is 9. The summed E-state index contributed by atoms with van der Waals surface area (Å²) in [6.45, 7) is 2.74. The van der Waals surface area contributed by atoms with Crippen molar-refractivity contribution >= 4 is 28.4 Å². The molecule has 258 valence electrons. The van der Waals surface area contributed by atoms with Gasteiger partial charge in [-0.3, -0.25) is 0 Å². The number of thiophene rings is 1. The Morgan fingerprint density at radius 2 is 2.06 bits per heavy atom. The first-order valence-corrected chi connectivity index (χ1v) is 17.7. The molecule has 5 heterocycles. The number of likely N-dealkylation sites (N-methyl/N-ethyl adjacent to an activating group) is 1. The maximum atomic E-state index is 10.1. The number of nitriles is 1. The number of hydrazine groups is 1. The van der Waals surface area contributed by atoms with Gasteiger partial charge in [-0.05, 0) is 83.0 Å². The van der Waals surface area contributed by atoms with E-state index in [-0.39, 0.29) is 6.04 Å². The van der Waals surface area contributed by atoms with E-state index in [0.29, 0.717) is 71.0 Å². The van der Waals surface area contributed by atoms with E-state index < -0.39 is 5.41 Å². The molecule has 14 nitrogen and oxygen atoms in total. The Labute approximate surface area is 289 Å². The Morgan fingerprint density at radius 3 is 2.82 bits per heavy atom. The fourth-order valence-corrected chi connectivity index (χ4v) is 8.80. The third-order valence-corrected chi connectivity index (χ3v) is 11.3. The number of ether oxygens (including phenoxy) is 2. The molecule has 1 spiro atoms. The van der Waals surface area contributed by atoms with E-state index in [0.717, 1.165) is 81.2 Å². The number of nitrogen functional groups attached to an aromatic ring is 1. The van der Waals surface area contributed by atoms with E-state index >= 15 is 0 Å². The lowest BCUT2D eigenvalue weighted by molar-refractivity contribution is 0.168. The van der Waals surface area contributed by atoms with Crippen molar-refractivity contribution in [3.8, 4) is 23.5 Å². The summed E-state index contributed by atoms with van der Waals surface area (Å²) in [5, 5.41) is 16.8. The molecule has 0 amide bonds. The van der Waals surface area contributed by atoms with Crippen LogP contribution in [0.4, 0.5) is 10.8 Å². The summed E-state index contributed by atoms with van der Waals surface area (Å²) in [5.74, 6) is 8.06. The fraction of sp³-hybridized carbons (Fsp3) is 0.500. The lowest BCUT2D eigenvalue weighted by Gasteiger charge is -2.39. The predicted molar refractivity (Wildman–Crippen MR) is 187 cm³/mol. The van der Waals surface area contributed by atoms with Gasteiger partial charge in [0.05, 0.1) is 35.0 Å². The molecule has 2 fully saturated rings. The van der Waals surface area contributed by atoms with Crippen LogP contribution < -0.4 is 27.8 Å². The van der Waals surface area contributed by atoms with Gasteiger partial charge in [0.15, 0.2) is 23.1 Å². The lowest BCUT2D eigenvalue weighted by Crippen LogP contribution is -2.38. The number of hydrogen-bond donors (Lipinski definition) is 4. The third kappa shape index (κ3) is 6.37. The summed E-state index contributed by atoms with van der Waals surface area (Å²) in [5.41, 5.74) is 22.1. The Balaban J connectivity index is 1.21. The summed E-state index contributed by atoms with van der Waals surface area (Å²) in [7, 11) is 2.11. The highest BCUT2D eigenvalue weighted by Crippen LogP contribution is 2.55. The second kappa shape index (κ2) is 13.8. The third-order valence-electron chi connectivity index (χ3n) is 10.3. The fourth-order valence-electron chi connectivity index (χ4n) is 7.63. The van der Waals surface area contributed by atoms with Gasteiger partial charge in [0, 0.05) is 41.6 Å². The van der Waals surface area contributed by atoms with Gasteiger partial charge >= 0.3 is 0 Å². The standard InChI is InChI=1S/C34H43N11O3S/c1-44-13-4-5-20(44)19-47-28-15-27(40-12-8-24(36)25(37)17-45(39)21-9-14-46-18-21)41-33(42-28)30-22-6-2-10-34(31(22)48-43-30)11-3-7-26-29(34)23(16-35)32(38)49-26/h8,12,15,17,20-21H,2-7,9-11,13-14,18-19,36-39H2,1H3/b24-8-,25-17-,40-12+/t20-,21+,34-/m0/s1. The number of nitrogens with zero attached hydrogens (tertiary/aromatic N) is 7. The number of anilines is 1. The summed E-state index contributed by atoms with van der Waals surface area (Å²) in [6.07, 6.45) is 13.0. The van der Waals surface area contributed by atoms with Gasteiger partial charge < -0.3 is 41.1 Å². The first-order chi connectivity index (χ1) is 23.8. The highest BCUT2D eigenvalue weighted by molar-refractivity contribution is 7.16. The normalized spacial score (nSPS) is 24.3. The molecule has 2 saturated heterocycles. The van der Waals surface area contributed by atoms with Gasteiger partial charge in [-0.25, -0.2) is 15.8 Å². The van der Waals surface area contributed by atoms with Gasteiger partial charge in [-0.2, -0.15) is 10.2 Å². The SMILES string of the molecule is CN1CCC[C@H]1COc1cc(/N=C/C=C(N)/C(N)=C/N(N)[C@@H]2CCOC2)nc(-c2noc3c2CCC[C@@]32CCCc3sc(N)c(C#N)c32)n1. The van der Waals surface area contributed by atoms with Crippen LogP contribution in [0.5, 0.6) is 5.88 Å². The number of nitrogens with two attached hydrogens (primary N) is 4. The minimum atomic E-state index is -0.451. The molecule has 8 N–H and O–H groups in total. The molecule has 0 saturated carbocycles. The van der Waals surface area contributed by atoms with Crippen LogP contribution in [0, 0.1) is 11.3 Å². The quantitative estimate of drug-likeness (QED) is 0.110. The molecular formula is C34H43N11O3S. The van der Waals surface area contributed by atoms with Crippen molar-refractivity contribution in [2.45, 2.75) is 75.3 Å². The van der Waals surface area contributed by atoms with Gasteiger partial charge in [0.25, 0.3) is 0 Å². The minimum absolute atomic E-state index is 0.0518. The van der Waals surface area contributed by atoms with Crippen molar-refractivity contribution in [2.75, 3.05) is 39.1 Å². The van der Waals surface area contributed by atoms with Crippen LogP contribution in [-0.4, -0.2) is 76.7 Å². The molecule has 3 atom stereocenters. The lowest BCUT2D eigenvalue weighted by atomic mass is 9.63. The van der Waals surface area contributed by atoms with Gasteiger partial charge in [0.2, 0.25) is 5.88 Å². The van der Waals surface area contributed by atoms with Crippen molar-refractivity contribution in [2.24, 2.45) is 22.3 Å². The van der Waals surface area contributed by atoms with Crippen LogP contribution in [0.25, 0.3) is 11.5 Å². The molecule has 2 aliphatic heterocycles. The van der Waals surface area contributed by atoms with Crippen LogP contribution in [-0.2, 0) is 23.0 Å². The number of aromatic nitrogens is 3. The first-order valence-electron chi connectivity index (χ1n) is 16.9. The van der Waals surface area contributed by atoms with Crippen LogP contribution in [0.15, 0.2) is 39.3 Å². The Bertz CT molecular complexity index is 1830. The summed E-state index contributed by atoms with van der Waals surface area (Å²) >= 11 is 1.52. The molecule has 49 heavy (non-hydrogen) atoms. The van der Waals surface area contributed by atoms with Crippen LogP contribution in [0.1, 0.15) is 72.3 Å². The maximum absolute atomic E-state index is 10.1. The summed E-state index contributed by atoms with van der Waals surface area (Å²) in [4.78, 5) is 17.6. The van der Waals surface area contributed by atoms with Crippen LogP contribution in [0.2, 0.25) is 0 Å². The number of allylic oxidation sites excluding steroid dienone is 1. The average Bonchev–Trinajstić information content (AvgIpc) is 3.91. The van der Waals surface area contributed by atoms with Gasteiger partial charge in [-0.15, -0.1) is 11.3 Å². The molecule has 2 aliphatic carbocycles. The molecular weight excluding hydrogens is 643 g/mol. The topological polar surface area (TPSA) is 217 Å². The molecule has 15 heteroatoms. The summed E-state index contributed by atoms with van der Waals surface area (Å²) < 4.78 is 17.9. The van der Waals surface area contributed by atoms with Crippen molar-refractivity contribution in [3.05, 3.63) is 57.1 Å². The van der Waals surface area contributed by atoms with E-state index in [9.17, 15) is 5.26 Å². The van der Waals surface area contributed by atoms with E-state index in [4.69, 9.17) is 47.0 Å². The van der Waals surface area contributed by atoms with Crippen LogP contribution in [0.3, 0.4) is 0 Å². The van der Waals surface area contributed by atoms with E-state index in [1.54, 1.807) is 18.3 Å². The zero-order valence-corrected chi connectivity index (χ0v) is 28.5. The zero-order valence-electron chi connectivity index (χ0n) is 27.7. The number of hydrogen-bond acceptors (Lipinski definition) is 15. The van der Waals surface area contributed by atoms with Crippen molar-refractivity contribution in [3.63, 3.8) is 0 Å². The maximum Gasteiger partial charge on any atom is 0.219 e. The Hall–Kier alpha value is -4.49. The van der Waals surface area contributed by atoms with E-state index in [1.807, 2.05) is 0 Å². The monoisotopic (exact) mass is 685 g/mol. The number of aliphatic imine (C=N–C) groups is 1. The second-order valence-corrected chi connectivity index (χ2v) is 14.4. The minimum Gasteiger partial charge on any atom is -0.476 e. The van der Waals surface area contributed by atoms with Crippen LogP contribution >= 0.6 is 11.3 Å². The molecule has 0 radical (unpaired) electrons.